The molecule has 0 bridgehead atoms. The number of nitrogens with two attached hydrogens (primary N) is 1. The van der Waals surface area contributed by atoms with Crippen LogP contribution >= 0.6 is 11.8 Å². The van der Waals surface area contributed by atoms with E-state index in [0.29, 0.717) is 5.75 Å². The van der Waals surface area contributed by atoms with Crippen molar-refractivity contribution in [1.82, 2.24) is 9.97 Å². The van der Waals surface area contributed by atoms with Gasteiger partial charge < -0.3 is 15.8 Å². The smallest absolute Gasteiger partial charge is 0.166 e. The number of aryl methyl sites for hydroxylation is 1. The molecular weight excluding hydrogens is 234 g/mol. The SMILES string of the molecule is Cc1ccc2nc(SCC(C)(O)CN)[nH]c2c1. The summed E-state index contributed by atoms with van der Waals surface area (Å²) >= 11 is 1.49. The quantitative estimate of drug-likeness (QED) is 0.723. The predicted molar refractivity (Wildman–Crippen MR) is 71.2 cm³/mol. The fourth-order valence-electron chi connectivity index (χ4n) is 1.45. The minimum atomic E-state index is -0.848. The van der Waals surface area contributed by atoms with E-state index in [1.807, 2.05) is 19.1 Å². The summed E-state index contributed by atoms with van der Waals surface area (Å²) in [5, 5.41) is 10.6. The van der Waals surface area contributed by atoms with Crippen molar-refractivity contribution in [2.45, 2.75) is 24.6 Å². The van der Waals surface area contributed by atoms with E-state index in [1.54, 1.807) is 6.92 Å². The minimum absolute atomic E-state index is 0.249. The summed E-state index contributed by atoms with van der Waals surface area (Å²) in [6.45, 7) is 4.03. The molecule has 0 saturated heterocycles. The largest absolute Gasteiger partial charge is 0.388 e. The molecule has 0 aliphatic heterocycles. The molecule has 0 aliphatic carbocycles. The highest BCUT2D eigenvalue weighted by atomic mass is 32.2. The van der Waals surface area contributed by atoms with Gasteiger partial charge >= 0.3 is 0 Å². The third-order valence-electron chi connectivity index (χ3n) is 2.58. The lowest BCUT2D eigenvalue weighted by Gasteiger charge is -2.19. The summed E-state index contributed by atoms with van der Waals surface area (Å²) in [4.78, 5) is 7.68. The molecule has 0 fully saturated rings. The van der Waals surface area contributed by atoms with Gasteiger partial charge in [-0.3, -0.25) is 0 Å². The third kappa shape index (κ3) is 3.00. The van der Waals surface area contributed by atoms with Crippen molar-refractivity contribution in [1.29, 1.82) is 0 Å². The lowest BCUT2D eigenvalue weighted by molar-refractivity contribution is 0.0949. The van der Waals surface area contributed by atoms with E-state index in [-0.39, 0.29) is 6.54 Å². The molecule has 1 unspecified atom stereocenters. The molecule has 0 aliphatic rings. The standard InChI is InChI=1S/C12H17N3OS/c1-8-3-4-9-10(5-8)15-11(14-9)17-7-12(2,16)6-13/h3-5,16H,6-7,13H2,1-2H3,(H,14,15). The van der Waals surface area contributed by atoms with Crippen LogP contribution in [0.4, 0.5) is 0 Å². The van der Waals surface area contributed by atoms with Gasteiger partial charge in [-0.2, -0.15) is 0 Å². The highest BCUT2D eigenvalue weighted by Crippen LogP contribution is 2.23. The van der Waals surface area contributed by atoms with Crippen LogP contribution in [0.5, 0.6) is 0 Å². The van der Waals surface area contributed by atoms with Crippen molar-refractivity contribution in [3.8, 4) is 0 Å². The number of aromatic nitrogens is 2. The van der Waals surface area contributed by atoms with Crippen molar-refractivity contribution < 1.29 is 5.11 Å². The van der Waals surface area contributed by atoms with Crippen LogP contribution in [0.2, 0.25) is 0 Å². The average molecular weight is 251 g/mol. The first-order chi connectivity index (χ1) is 8.00. The van der Waals surface area contributed by atoms with Crippen LogP contribution in [0.3, 0.4) is 0 Å². The van der Waals surface area contributed by atoms with Gasteiger partial charge in [0.1, 0.15) is 0 Å². The first kappa shape index (κ1) is 12.4. The molecule has 1 aromatic carbocycles. The van der Waals surface area contributed by atoms with E-state index in [4.69, 9.17) is 5.73 Å². The Morgan fingerprint density at radius 3 is 3.00 bits per heavy atom. The van der Waals surface area contributed by atoms with E-state index in [2.05, 4.69) is 16.0 Å². The maximum Gasteiger partial charge on any atom is 0.166 e. The highest BCUT2D eigenvalue weighted by Gasteiger charge is 2.19. The first-order valence-corrected chi connectivity index (χ1v) is 6.50. The Bertz CT molecular complexity index is 521. The van der Waals surface area contributed by atoms with Gasteiger partial charge in [-0.1, -0.05) is 17.8 Å². The normalized spacial score (nSPS) is 15.1. The number of benzene rings is 1. The number of nitrogens with one attached hydrogen (secondary N) is 1. The fourth-order valence-corrected chi connectivity index (χ4v) is 2.36. The number of rotatable bonds is 4. The Balaban J connectivity index is 2.15. The summed E-state index contributed by atoms with van der Waals surface area (Å²) in [5.41, 5.74) is 7.80. The molecule has 4 nitrogen and oxygen atoms in total. The number of hydrogen-bond donors (Lipinski definition) is 3. The molecule has 1 heterocycles. The minimum Gasteiger partial charge on any atom is -0.388 e. The molecule has 5 heteroatoms. The van der Waals surface area contributed by atoms with Crippen LogP contribution in [-0.4, -0.2) is 33.0 Å². The lowest BCUT2D eigenvalue weighted by Crippen LogP contribution is -2.36. The number of hydrogen-bond acceptors (Lipinski definition) is 4. The molecule has 0 radical (unpaired) electrons. The zero-order valence-electron chi connectivity index (χ0n) is 10.0. The average Bonchev–Trinajstić information content (AvgIpc) is 2.68. The Hall–Kier alpha value is -1.04. The number of aliphatic hydroxyl groups is 1. The molecule has 1 atom stereocenters. The zero-order chi connectivity index (χ0) is 12.5. The van der Waals surface area contributed by atoms with Crippen LogP contribution < -0.4 is 5.73 Å². The van der Waals surface area contributed by atoms with Crippen molar-refractivity contribution in [3.63, 3.8) is 0 Å². The van der Waals surface area contributed by atoms with Gasteiger partial charge in [-0.15, -0.1) is 0 Å². The van der Waals surface area contributed by atoms with Gasteiger partial charge in [-0.25, -0.2) is 4.98 Å². The van der Waals surface area contributed by atoms with Crippen molar-refractivity contribution in [3.05, 3.63) is 23.8 Å². The van der Waals surface area contributed by atoms with Crippen LogP contribution in [0.1, 0.15) is 12.5 Å². The number of H-pyrrole nitrogens is 1. The molecule has 17 heavy (non-hydrogen) atoms. The molecule has 92 valence electrons. The zero-order valence-corrected chi connectivity index (χ0v) is 10.8. The van der Waals surface area contributed by atoms with Crippen molar-refractivity contribution >= 4 is 22.8 Å². The number of nitrogens with zero attached hydrogens (tertiary/aromatic N) is 1. The number of aromatic amines is 1. The van der Waals surface area contributed by atoms with Gasteiger partial charge in [0.25, 0.3) is 0 Å². The Morgan fingerprint density at radius 2 is 2.29 bits per heavy atom. The number of imidazole rings is 1. The van der Waals surface area contributed by atoms with E-state index in [0.717, 1.165) is 16.2 Å². The topological polar surface area (TPSA) is 74.9 Å². The Morgan fingerprint density at radius 1 is 1.53 bits per heavy atom. The van der Waals surface area contributed by atoms with Gasteiger partial charge in [0.2, 0.25) is 0 Å². The summed E-state index contributed by atoms with van der Waals surface area (Å²) in [7, 11) is 0. The van der Waals surface area contributed by atoms with E-state index >= 15 is 0 Å². The number of thioether (sulfide) groups is 1. The van der Waals surface area contributed by atoms with Gasteiger partial charge in [0.05, 0.1) is 16.6 Å². The third-order valence-corrected chi connectivity index (χ3v) is 3.81. The van der Waals surface area contributed by atoms with Crippen LogP contribution in [0.15, 0.2) is 23.4 Å². The second-order valence-electron chi connectivity index (χ2n) is 4.55. The lowest BCUT2D eigenvalue weighted by atomic mass is 10.1. The van der Waals surface area contributed by atoms with Crippen LogP contribution in [0, 0.1) is 6.92 Å². The fraction of sp³-hybridized carbons (Fsp3) is 0.417. The molecule has 1 aromatic heterocycles. The summed E-state index contributed by atoms with van der Waals surface area (Å²) in [6.07, 6.45) is 0. The number of fused-ring (bicyclic) bond motifs is 1. The first-order valence-electron chi connectivity index (χ1n) is 5.52. The van der Waals surface area contributed by atoms with E-state index < -0.39 is 5.60 Å². The second kappa shape index (κ2) is 4.68. The Kier molecular flexibility index (Phi) is 3.42. The molecular formula is C12H17N3OS. The van der Waals surface area contributed by atoms with Crippen LogP contribution in [-0.2, 0) is 0 Å². The monoisotopic (exact) mass is 251 g/mol. The maximum absolute atomic E-state index is 9.82. The molecule has 0 amide bonds. The van der Waals surface area contributed by atoms with E-state index in [1.165, 1.54) is 17.3 Å². The van der Waals surface area contributed by atoms with Gasteiger partial charge in [0.15, 0.2) is 5.16 Å². The molecule has 2 aromatic rings. The maximum atomic E-state index is 9.82. The summed E-state index contributed by atoms with van der Waals surface area (Å²) in [6, 6.07) is 6.09. The van der Waals surface area contributed by atoms with Crippen molar-refractivity contribution in [2.24, 2.45) is 5.73 Å². The van der Waals surface area contributed by atoms with Crippen molar-refractivity contribution in [2.75, 3.05) is 12.3 Å². The molecule has 2 rings (SSSR count). The van der Waals surface area contributed by atoms with Gasteiger partial charge in [-0.05, 0) is 31.5 Å². The summed E-state index contributed by atoms with van der Waals surface area (Å²) < 4.78 is 0. The molecule has 4 N–H and O–H groups in total. The van der Waals surface area contributed by atoms with E-state index in [9.17, 15) is 5.11 Å². The van der Waals surface area contributed by atoms with Crippen LogP contribution in [0.25, 0.3) is 11.0 Å². The molecule has 0 spiro atoms. The predicted octanol–water partition coefficient (Wildman–Crippen LogP) is 1.67. The highest BCUT2D eigenvalue weighted by molar-refractivity contribution is 7.99. The Labute approximate surface area is 105 Å². The van der Waals surface area contributed by atoms with Gasteiger partial charge in [0, 0.05) is 12.3 Å². The second-order valence-corrected chi connectivity index (χ2v) is 5.52. The molecule has 0 saturated carbocycles. The summed E-state index contributed by atoms with van der Waals surface area (Å²) in [5.74, 6) is 0.530.